The largest absolute Gasteiger partial charge is 0.488 e. The van der Waals surface area contributed by atoms with E-state index in [-0.39, 0.29) is 5.91 Å². The fraction of sp³-hybridized carbons (Fsp3) is 0.148. The van der Waals surface area contributed by atoms with Gasteiger partial charge >= 0.3 is 5.97 Å². The Balaban J connectivity index is 1.55. The molecule has 1 amide bonds. The Kier molecular flexibility index (Phi) is 8.05. The van der Waals surface area contributed by atoms with Crippen molar-refractivity contribution in [3.63, 3.8) is 0 Å². The van der Waals surface area contributed by atoms with Gasteiger partial charge in [-0.15, -0.1) is 0 Å². The highest BCUT2D eigenvalue weighted by Crippen LogP contribution is 2.35. The average molecular weight is 551 g/mol. The molecule has 0 aliphatic carbocycles. The molecule has 35 heavy (non-hydrogen) atoms. The number of esters is 1. The smallest absolute Gasteiger partial charge is 0.337 e. The van der Waals surface area contributed by atoms with Gasteiger partial charge in [0.05, 0.1) is 23.3 Å². The van der Waals surface area contributed by atoms with Gasteiger partial charge in [-0.1, -0.05) is 46.3 Å². The number of hydrogen-bond donors (Lipinski definition) is 0. The molecule has 0 aromatic heterocycles. The first-order valence-electron chi connectivity index (χ1n) is 10.9. The zero-order valence-electron chi connectivity index (χ0n) is 19.2. The van der Waals surface area contributed by atoms with E-state index in [9.17, 15) is 9.59 Å². The molecule has 6 nitrogen and oxygen atoms in total. The number of amidine groups is 1. The molecule has 0 saturated carbocycles. The lowest BCUT2D eigenvalue weighted by atomic mass is 10.1. The van der Waals surface area contributed by atoms with Gasteiger partial charge in [-0.05, 0) is 72.8 Å². The molecule has 1 heterocycles. The molecular formula is C27H23BrN2O4S. The van der Waals surface area contributed by atoms with E-state index in [0.717, 1.165) is 15.6 Å². The third-order valence-corrected chi connectivity index (χ3v) is 6.77. The molecule has 178 valence electrons. The van der Waals surface area contributed by atoms with Crippen LogP contribution in [0.2, 0.25) is 0 Å². The predicted octanol–water partition coefficient (Wildman–Crippen LogP) is 6.44. The Labute approximate surface area is 216 Å². The summed E-state index contributed by atoms with van der Waals surface area (Å²) >= 11 is 4.76. The highest BCUT2D eigenvalue weighted by molar-refractivity contribution is 9.10. The van der Waals surface area contributed by atoms with Crippen LogP contribution < -0.4 is 4.74 Å². The normalized spacial score (nSPS) is 15.6. The number of ether oxygens (including phenoxy) is 2. The minimum absolute atomic E-state index is 0.106. The minimum atomic E-state index is -0.406. The molecule has 3 aromatic carbocycles. The third-order valence-electron chi connectivity index (χ3n) is 5.23. The summed E-state index contributed by atoms with van der Waals surface area (Å²) in [5, 5.41) is 0.586. The first kappa shape index (κ1) is 24.8. The Bertz CT molecular complexity index is 1290. The molecule has 1 fully saturated rings. The molecule has 0 radical (unpaired) electrons. The fourth-order valence-corrected chi connectivity index (χ4v) is 4.70. The van der Waals surface area contributed by atoms with E-state index >= 15 is 0 Å². The molecule has 1 aliphatic rings. The van der Waals surface area contributed by atoms with Crippen molar-refractivity contribution in [1.29, 1.82) is 0 Å². The molecular weight excluding hydrogens is 528 g/mol. The number of aliphatic imine (C=N–C) groups is 1. The van der Waals surface area contributed by atoms with Gasteiger partial charge in [0.15, 0.2) is 5.17 Å². The van der Waals surface area contributed by atoms with Crippen molar-refractivity contribution in [1.82, 2.24) is 4.90 Å². The lowest BCUT2D eigenvalue weighted by Gasteiger charge is -2.12. The number of amides is 1. The second-order valence-electron chi connectivity index (χ2n) is 7.55. The molecule has 0 atom stereocenters. The van der Waals surface area contributed by atoms with Crippen LogP contribution in [0.5, 0.6) is 5.75 Å². The second kappa shape index (κ2) is 11.4. The Hall–Kier alpha value is -3.36. The number of thioether (sulfide) groups is 1. The van der Waals surface area contributed by atoms with Gasteiger partial charge in [-0.3, -0.25) is 9.69 Å². The monoisotopic (exact) mass is 550 g/mol. The van der Waals surface area contributed by atoms with E-state index in [1.165, 1.54) is 18.9 Å². The number of halogens is 1. The van der Waals surface area contributed by atoms with Crippen LogP contribution in [0.3, 0.4) is 0 Å². The maximum absolute atomic E-state index is 13.1. The Morgan fingerprint density at radius 1 is 1.06 bits per heavy atom. The average Bonchev–Trinajstić information content (AvgIpc) is 3.17. The van der Waals surface area contributed by atoms with Gasteiger partial charge in [0, 0.05) is 16.6 Å². The van der Waals surface area contributed by atoms with Crippen LogP contribution in [-0.4, -0.2) is 35.6 Å². The van der Waals surface area contributed by atoms with E-state index in [1.807, 2.05) is 61.5 Å². The van der Waals surface area contributed by atoms with Gasteiger partial charge in [-0.2, -0.15) is 0 Å². The highest BCUT2D eigenvalue weighted by atomic mass is 79.9. The zero-order chi connectivity index (χ0) is 24.8. The van der Waals surface area contributed by atoms with Gasteiger partial charge in [0.25, 0.3) is 5.91 Å². The number of para-hydroxylation sites is 1. The van der Waals surface area contributed by atoms with Crippen molar-refractivity contribution in [3.8, 4) is 5.75 Å². The van der Waals surface area contributed by atoms with E-state index in [0.29, 0.717) is 40.2 Å². The number of benzene rings is 3. The highest BCUT2D eigenvalue weighted by Gasteiger charge is 2.32. The Morgan fingerprint density at radius 3 is 2.46 bits per heavy atom. The maximum Gasteiger partial charge on any atom is 0.337 e. The van der Waals surface area contributed by atoms with Crippen molar-refractivity contribution < 1.29 is 19.1 Å². The summed E-state index contributed by atoms with van der Waals surface area (Å²) in [7, 11) is 1.34. The van der Waals surface area contributed by atoms with E-state index in [4.69, 9.17) is 9.47 Å². The number of carbonyl (C=O) groups is 2. The van der Waals surface area contributed by atoms with Crippen LogP contribution in [0.25, 0.3) is 6.08 Å². The summed E-state index contributed by atoms with van der Waals surface area (Å²) < 4.78 is 11.8. The summed E-state index contributed by atoms with van der Waals surface area (Å²) in [6.45, 7) is 2.82. The number of likely N-dealkylation sites (N-methyl/N-ethyl adjacent to an activating group) is 1. The standard InChI is InChI=1S/C27H23BrN2O4S/c1-3-30-25(31)24(35-27(30)29-22-14-10-19(11-15-22)26(32)33-2)16-20-6-4-5-7-23(20)34-17-18-8-12-21(28)13-9-18/h4-16H,3,17H2,1-2H3/b24-16+,29-27?. The quantitative estimate of drug-likeness (QED) is 0.250. The van der Waals surface area contributed by atoms with Crippen LogP contribution >= 0.6 is 27.7 Å². The molecule has 1 aliphatic heterocycles. The summed E-state index contributed by atoms with van der Waals surface area (Å²) in [5.41, 5.74) is 2.96. The van der Waals surface area contributed by atoms with Gasteiger partial charge in [0.2, 0.25) is 0 Å². The Morgan fingerprint density at radius 2 is 1.77 bits per heavy atom. The van der Waals surface area contributed by atoms with Crippen molar-refractivity contribution >= 4 is 56.5 Å². The molecule has 8 heteroatoms. The molecule has 0 bridgehead atoms. The zero-order valence-corrected chi connectivity index (χ0v) is 21.6. The van der Waals surface area contributed by atoms with Crippen LogP contribution in [0, 0.1) is 0 Å². The number of hydrogen-bond acceptors (Lipinski definition) is 6. The summed E-state index contributed by atoms with van der Waals surface area (Å²) in [5.74, 6) is 0.185. The lowest BCUT2D eigenvalue weighted by molar-refractivity contribution is -0.122. The van der Waals surface area contributed by atoms with Crippen molar-refractivity contribution in [2.24, 2.45) is 4.99 Å². The molecule has 0 unspecified atom stereocenters. The van der Waals surface area contributed by atoms with Crippen LogP contribution in [-0.2, 0) is 16.1 Å². The summed E-state index contributed by atoms with van der Waals surface area (Å²) in [4.78, 5) is 31.6. The van der Waals surface area contributed by atoms with Crippen molar-refractivity contribution in [2.75, 3.05) is 13.7 Å². The van der Waals surface area contributed by atoms with E-state index in [2.05, 4.69) is 20.9 Å². The number of carbonyl (C=O) groups excluding carboxylic acids is 2. The van der Waals surface area contributed by atoms with Gasteiger partial charge in [0.1, 0.15) is 12.4 Å². The van der Waals surface area contributed by atoms with E-state index in [1.54, 1.807) is 29.2 Å². The van der Waals surface area contributed by atoms with Crippen LogP contribution in [0.4, 0.5) is 5.69 Å². The maximum atomic E-state index is 13.1. The van der Waals surface area contributed by atoms with Crippen LogP contribution in [0.15, 0.2) is 87.2 Å². The molecule has 0 spiro atoms. The minimum Gasteiger partial charge on any atom is -0.488 e. The van der Waals surface area contributed by atoms with Crippen LogP contribution in [0.1, 0.15) is 28.4 Å². The van der Waals surface area contributed by atoms with Gasteiger partial charge in [-0.25, -0.2) is 9.79 Å². The van der Waals surface area contributed by atoms with Crippen molar-refractivity contribution in [2.45, 2.75) is 13.5 Å². The lowest BCUT2D eigenvalue weighted by Crippen LogP contribution is -2.28. The first-order chi connectivity index (χ1) is 17.0. The number of rotatable bonds is 7. The molecule has 0 N–H and O–H groups in total. The predicted molar refractivity (Wildman–Crippen MR) is 143 cm³/mol. The molecule has 4 rings (SSSR count). The first-order valence-corrected chi connectivity index (χ1v) is 12.5. The molecule has 3 aromatic rings. The van der Waals surface area contributed by atoms with E-state index < -0.39 is 5.97 Å². The van der Waals surface area contributed by atoms with Crippen molar-refractivity contribution in [3.05, 3.63) is 98.9 Å². The molecule has 1 saturated heterocycles. The second-order valence-corrected chi connectivity index (χ2v) is 9.47. The number of nitrogens with zero attached hydrogens (tertiary/aromatic N) is 2. The third kappa shape index (κ3) is 6.01. The SMILES string of the molecule is CCN1C(=O)/C(=C\c2ccccc2OCc2ccc(Br)cc2)SC1=Nc1ccc(C(=O)OC)cc1. The number of methoxy groups -OCH3 is 1. The van der Waals surface area contributed by atoms with Gasteiger partial charge < -0.3 is 9.47 Å². The topological polar surface area (TPSA) is 68.2 Å². The summed E-state index contributed by atoms with van der Waals surface area (Å²) in [6.07, 6.45) is 1.84. The fourth-order valence-electron chi connectivity index (χ4n) is 3.38. The summed E-state index contributed by atoms with van der Waals surface area (Å²) in [6, 6.07) is 22.4.